The maximum atomic E-state index is 9.73. The molecule has 4 aromatic heterocycles. The van der Waals surface area contributed by atoms with E-state index in [2.05, 4.69) is 27.7 Å². The predicted molar refractivity (Wildman–Crippen MR) is 218 cm³/mol. The van der Waals surface area contributed by atoms with Crippen molar-refractivity contribution in [1.82, 2.24) is 0 Å². The number of aromatic nitrogens is 4. The molecule has 4 rings (SSSR count). The SMILES string of the molecule is CC(C)c1c(O)c(O)cc[n+]1C(C)C.CC(C)c1cc(O)c(O)[n+](C(C)C)c1.CC(C)c1cc[n+](C(C)C)c(O)c1O.CC(C)c1ccc(O)c(O)[n+]1C(C)C. The van der Waals surface area contributed by atoms with Crippen molar-refractivity contribution in [2.45, 2.75) is 159 Å². The molecule has 0 aliphatic heterocycles. The molecule has 0 atom stereocenters. The summed E-state index contributed by atoms with van der Waals surface area (Å²) in [6.07, 6.45) is 5.48. The van der Waals surface area contributed by atoms with Gasteiger partial charge in [-0.3, -0.25) is 0 Å². The molecule has 0 unspecified atom stereocenters. The molecule has 0 bridgehead atoms. The zero-order chi connectivity index (χ0) is 43.5. The first kappa shape index (κ1) is 49.0. The third-order valence-electron chi connectivity index (χ3n) is 9.13. The number of hydrogen-bond acceptors (Lipinski definition) is 8. The first-order valence-corrected chi connectivity index (χ1v) is 19.6. The van der Waals surface area contributed by atoms with Gasteiger partial charge in [0.2, 0.25) is 28.7 Å². The highest BCUT2D eigenvalue weighted by Crippen LogP contribution is 2.32. The Kier molecular flexibility index (Phi) is 18.7. The Morgan fingerprint density at radius 1 is 0.411 bits per heavy atom. The second kappa shape index (κ2) is 21.3. The van der Waals surface area contributed by atoms with E-state index in [1.165, 1.54) is 12.1 Å². The zero-order valence-corrected chi connectivity index (χ0v) is 36.6. The van der Waals surface area contributed by atoms with Crippen molar-refractivity contribution in [3.8, 4) is 46.4 Å². The van der Waals surface area contributed by atoms with E-state index in [1.807, 2.05) is 106 Å². The third-order valence-corrected chi connectivity index (χ3v) is 9.13. The summed E-state index contributed by atoms with van der Waals surface area (Å²) in [5.74, 6) is 0.718. The minimum atomic E-state index is -0.0666. The molecule has 8 N–H and O–H groups in total. The van der Waals surface area contributed by atoms with E-state index in [0.29, 0.717) is 11.8 Å². The molecule has 0 amide bonds. The molecule has 4 heterocycles. The highest BCUT2D eigenvalue weighted by Gasteiger charge is 2.27. The molecule has 4 aromatic rings. The van der Waals surface area contributed by atoms with Gasteiger partial charge in [-0.2, -0.15) is 18.3 Å². The van der Waals surface area contributed by atoms with E-state index < -0.39 is 0 Å². The summed E-state index contributed by atoms with van der Waals surface area (Å²) in [5.41, 5.74) is 3.60. The lowest BCUT2D eigenvalue weighted by atomic mass is 10.0. The Labute approximate surface area is 334 Å². The van der Waals surface area contributed by atoms with Gasteiger partial charge >= 0.3 is 17.6 Å². The minimum absolute atomic E-state index is 0.00352. The van der Waals surface area contributed by atoms with Gasteiger partial charge in [-0.25, -0.2) is 0 Å². The van der Waals surface area contributed by atoms with E-state index in [-0.39, 0.29) is 82.4 Å². The highest BCUT2D eigenvalue weighted by molar-refractivity contribution is 5.39. The van der Waals surface area contributed by atoms with Crippen LogP contribution in [-0.4, -0.2) is 40.9 Å². The lowest BCUT2D eigenvalue weighted by molar-refractivity contribution is -0.729. The summed E-state index contributed by atoms with van der Waals surface area (Å²) in [6, 6.07) is 9.04. The van der Waals surface area contributed by atoms with Gasteiger partial charge in [0, 0.05) is 47.2 Å². The molecule has 0 aromatic carbocycles. The molecule has 12 nitrogen and oxygen atoms in total. The molecule has 56 heavy (non-hydrogen) atoms. The van der Waals surface area contributed by atoms with Crippen LogP contribution in [0.5, 0.6) is 46.4 Å². The molecule has 312 valence electrons. The average molecular weight is 785 g/mol. The Balaban J connectivity index is 0.000000373. The van der Waals surface area contributed by atoms with Gasteiger partial charge in [0.15, 0.2) is 54.2 Å². The standard InChI is InChI=1S/4C11H17NO2/c1-7(2)9-5-10(13)11(14)12(6-9)8(3)4;1-7(2)10-11(14)9(13)5-6-12(10)8(3)4;1-7(2)9-5-6-12(8(3)4)11(14)10(9)13;1-7(2)9-5-6-10(13)11(14)12(9)8(3)4/h5-8,13H,1-4H3;5-8,14H,1-4H3;2*5-8,13H,1-4H3/p+4. The van der Waals surface area contributed by atoms with E-state index in [4.69, 9.17) is 0 Å². The van der Waals surface area contributed by atoms with Gasteiger partial charge in [0.25, 0.3) is 0 Å². The van der Waals surface area contributed by atoms with Crippen LogP contribution in [-0.2, 0) is 0 Å². The summed E-state index contributed by atoms with van der Waals surface area (Å²) in [7, 11) is 0. The average Bonchev–Trinajstić information content (AvgIpc) is 3.09. The van der Waals surface area contributed by atoms with Crippen LogP contribution >= 0.6 is 0 Å². The Hall–Kier alpha value is -5.00. The topological polar surface area (TPSA) is 177 Å². The number of hydrogen-bond donors (Lipinski definition) is 8. The van der Waals surface area contributed by atoms with Gasteiger partial charge in [0.05, 0.1) is 0 Å². The fraction of sp³-hybridized carbons (Fsp3) is 0.545. The normalized spacial score (nSPS) is 11.3. The maximum Gasteiger partial charge on any atom is 0.409 e. The van der Waals surface area contributed by atoms with Crippen molar-refractivity contribution in [2.75, 3.05) is 0 Å². The number of nitrogens with zero attached hydrogens (tertiary/aromatic N) is 4. The molecule has 0 fully saturated rings. The summed E-state index contributed by atoms with van der Waals surface area (Å²) in [4.78, 5) is 0. The molecule has 0 aliphatic carbocycles. The van der Waals surface area contributed by atoms with Gasteiger partial charge in [-0.1, -0.05) is 55.4 Å². The van der Waals surface area contributed by atoms with Crippen LogP contribution < -0.4 is 18.3 Å². The van der Waals surface area contributed by atoms with Crippen LogP contribution in [0.4, 0.5) is 0 Å². The maximum absolute atomic E-state index is 9.73. The molecule has 0 saturated carbocycles. The first-order chi connectivity index (χ1) is 25.8. The van der Waals surface area contributed by atoms with Crippen molar-refractivity contribution in [3.63, 3.8) is 0 Å². The predicted octanol–water partition coefficient (Wildman–Crippen LogP) is 8.36. The largest absolute Gasteiger partial charge is 0.504 e. The van der Waals surface area contributed by atoms with Crippen molar-refractivity contribution in [1.29, 1.82) is 0 Å². The van der Waals surface area contributed by atoms with Crippen LogP contribution in [0.3, 0.4) is 0 Å². The van der Waals surface area contributed by atoms with Crippen LogP contribution in [0.2, 0.25) is 0 Å². The molecular formula is C44H72N4O8+4. The van der Waals surface area contributed by atoms with E-state index in [0.717, 1.165) is 22.5 Å². The minimum Gasteiger partial charge on any atom is -0.504 e. The lowest BCUT2D eigenvalue weighted by Gasteiger charge is -2.11. The fourth-order valence-corrected chi connectivity index (χ4v) is 5.93. The van der Waals surface area contributed by atoms with Crippen LogP contribution in [0, 0.1) is 0 Å². The van der Waals surface area contributed by atoms with Crippen LogP contribution in [0.15, 0.2) is 48.9 Å². The van der Waals surface area contributed by atoms with Crippen molar-refractivity contribution >= 4 is 0 Å². The first-order valence-electron chi connectivity index (χ1n) is 19.6. The Morgan fingerprint density at radius 2 is 0.929 bits per heavy atom. The van der Waals surface area contributed by atoms with Crippen molar-refractivity contribution < 1.29 is 59.1 Å². The van der Waals surface area contributed by atoms with Gasteiger partial charge in [-0.05, 0) is 73.3 Å². The van der Waals surface area contributed by atoms with Crippen LogP contribution in [0.1, 0.15) is 181 Å². The Morgan fingerprint density at radius 3 is 1.36 bits per heavy atom. The summed E-state index contributed by atoms with van der Waals surface area (Å²) < 4.78 is 7.03. The Bertz CT molecular complexity index is 1770. The monoisotopic (exact) mass is 785 g/mol. The smallest absolute Gasteiger partial charge is 0.409 e. The second-order valence-electron chi connectivity index (χ2n) is 16.4. The van der Waals surface area contributed by atoms with Gasteiger partial charge < -0.3 is 40.9 Å². The molecule has 12 heteroatoms. The van der Waals surface area contributed by atoms with E-state index in [9.17, 15) is 40.9 Å². The molecule has 0 radical (unpaired) electrons. The van der Waals surface area contributed by atoms with Crippen molar-refractivity contribution in [3.05, 3.63) is 71.4 Å². The fourth-order valence-electron chi connectivity index (χ4n) is 5.93. The van der Waals surface area contributed by atoms with E-state index in [1.54, 1.807) is 32.2 Å². The van der Waals surface area contributed by atoms with Crippen molar-refractivity contribution in [2.24, 2.45) is 0 Å². The quantitative estimate of drug-likeness (QED) is 0.0822. The molecule has 0 spiro atoms. The van der Waals surface area contributed by atoms with E-state index >= 15 is 0 Å². The van der Waals surface area contributed by atoms with Gasteiger partial charge in [-0.15, -0.1) is 0 Å². The molecular weight excluding hydrogens is 713 g/mol. The second-order valence-corrected chi connectivity index (χ2v) is 16.4. The van der Waals surface area contributed by atoms with Gasteiger partial charge in [0.1, 0.15) is 0 Å². The number of pyridine rings is 4. The summed E-state index contributed by atoms with van der Waals surface area (Å²) in [5, 5.41) is 76.7. The zero-order valence-electron chi connectivity index (χ0n) is 36.6. The summed E-state index contributed by atoms with van der Waals surface area (Å²) in [6.45, 7) is 32.0. The molecule has 0 aliphatic rings. The number of rotatable bonds is 8. The highest BCUT2D eigenvalue weighted by atomic mass is 16.3. The lowest BCUT2D eigenvalue weighted by Crippen LogP contribution is -2.41. The molecule has 0 saturated heterocycles. The number of aromatic hydroxyl groups is 8. The van der Waals surface area contributed by atoms with Crippen LogP contribution in [0.25, 0.3) is 0 Å². The summed E-state index contributed by atoms with van der Waals surface area (Å²) >= 11 is 0. The third kappa shape index (κ3) is 12.8.